The van der Waals surface area contributed by atoms with Crippen molar-refractivity contribution in [3.63, 3.8) is 0 Å². The molecular weight excluding hydrogens is 372 g/mol. The Hall–Kier alpha value is -1.89. The molecule has 5 nitrogen and oxygen atoms in total. The van der Waals surface area contributed by atoms with Gasteiger partial charge >= 0.3 is 0 Å². The molecule has 0 saturated carbocycles. The van der Waals surface area contributed by atoms with Crippen LogP contribution in [0.1, 0.15) is 36.8 Å². The average molecular weight is 399 g/mol. The lowest BCUT2D eigenvalue weighted by atomic mass is 9.90. The zero-order chi connectivity index (χ0) is 19.7. The van der Waals surface area contributed by atoms with E-state index in [-0.39, 0.29) is 24.3 Å². The van der Waals surface area contributed by atoms with E-state index in [1.807, 2.05) is 12.1 Å². The fourth-order valence-electron chi connectivity index (χ4n) is 4.67. The van der Waals surface area contributed by atoms with E-state index in [2.05, 4.69) is 23.5 Å². The van der Waals surface area contributed by atoms with E-state index in [1.54, 1.807) is 4.90 Å². The molecule has 2 fully saturated rings. The molecule has 0 aromatic heterocycles. The molecule has 3 aliphatic rings. The summed E-state index contributed by atoms with van der Waals surface area (Å²) in [5.74, 6) is -0.584. The predicted molar refractivity (Wildman–Crippen MR) is 112 cm³/mol. The van der Waals surface area contributed by atoms with Crippen LogP contribution >= 0.6 is 12.2 Å². The molecule has 1 unspecified atom stereocenters. The number of ketones is 1. The molecule has 2 saturated heterocycles. The van der Waals surface area contributed by atoms with Gasteiger partial charge < -0.3 is 15.3 Å². The lowest BCUT2D eigenvalue weighted by molar-refractivity contribution is -0.137. The summed E-state index contributed by atoms with van der Waals surface area (Å²) in [6, 6.07) is 7.57. The number of thiocarbonyl (C=S) groups is 1. The van der Waals surface area contributed by atoms with Crippen LogP contribution in [0, 0.1) is 5.92 Å². The quantitative estimate of drug-likeness (QED) is 0.717. The van der Waals surface area contributed by atoms with Crippen LogP contribution in [0.25, 0.3) is 6.08 Å². The van der Waals surface area contributed by atoms with E-state index < -0.39 is 12.0 Å². The number of carbonyl (C=O) groups is 2. The highest BCUT2D eigenvalue weighted by Crippen LogP contribution is 2.29. The number of nitrogens with zero attached hydrogens (tertiary/aromatic N) is 1. The van der Waals surface area contributed by atoms with Crippen LogP contribution in [0.15, 0.2) is 29.8 Å². The van der Waals surface area contributed by atoms with Gasteiger partial charge in [0.05, 0.1) is 18.6 Å². The van der Waals surface area contributed by atoms with Crippen molar-refractivity contribution < 1.29 is 14.7 Å². The molecule has 2 aliphatic heterocycles. The Kier molecular flexibility index (Phi) is 5.71. The van der Waals surface area contributed by atoms with Crippen molar-refractivity contribution in [2.75, 3.05) is 19.7 Å². The first kappa shape index (κ1) is 19.4. The number of Topliss-reactive ketones (excluding diaryl/α,β-unsaturated/α-hetero) is 1. The molecule has 1 amide bonds. The van der Waals surface area contributed by atoms with Gasteiger partial charge in [0.1, 0.15) is 11.8 Å². The number of amides is 1. The number of benzene rings is 1. The molecule has 1 aromatic carbocycles. The third-order valence-corrected chi connectivity index (χ3v) is 6.58. The van der Waals surface area contributed by atoms with E-state index >= 15 is 0 Å². The third kappa shape index (κ3) is 3.69. The van der Waals surface area contributed by atoms with Gasteiger partial charge in [-0.05, 0) is 36.8 Å². The molecule has 1 aromatic rings. The topological polar surface area (TPSA) is 69.6 Å². The zero-order valence-corrected chi connectivity index (χ0v) is 16.7. The van der Waals surface area contributed by atoms with Crippen LogP contribution in [0.3, 0.4) is 0 Å². The van der Waals surface area contributed by atoms with Crippen LogP contribution in [0.2, 0.25) is 0 Å². The molecule has 2 N–H and O–H groups in total. The molecule has 4 rings (SSSR count). The molecule has 0 spiro atoms. The second-order valence-electron chi connectivity index (χ2n) is 7.96. The number of hydrogen-bond donors (Lipinski definition) is 2. The highest BCUT2D eigenvalue weighted by molar-refractivity contribution is 7.80. The first-order valence-electron chi connectivity index (χ1n) is 10.1. The maximum Gasteiger partial charge on any atom is 0.241 e. The van der Waals surface area contributed by atoms with Crippen molar-refractivity contribution >= 4 is 34.8 Å². The second-order valence-corrected chi connectivity index (χ2v) is 8.48. The SMILES string of the molecule is O=C(CCC1=Cc2ccccc2C1)C1C(=S)CN[C@@H]1C(=O)N1CCC[C@H]1CO. The first-order chi connectivity index (χ1) is 13.6. The van der Waals surface area contributed by atoms with E-state index in [4.69, 9.17) is 12.2 Å². The van der Waals surface area contributed by atoms with Gasteiger partial charge in [0.2, 0.25) is 5.91 Å². The molecule has 2 heterocycles. The summed E-state index contributed by atoms with van der Waals surface area (Å²) in [7, 11) is 0. The largest absolute Gasteiger partial charge is 0.394 e. The van der Waals surface area contributed by atoms with E-state index in [0.29, 0.717) is 30.8 Å². The van der Waals surface area contributed by atoms with Gasteiger partial charge in [-0.25, -0.2) is 0 Å². The predicted octanol–water partition coefficient (Wildman–Crippen LogP) is 1.92. The number of likely N-dealkylation sites (tertiary alicyclic amines) is 1. The standard InChI is InChI=1S/C22H26N2O3S/c25-13-17-6-3-9-24(17)22(27)21-20(19(28)12-23-21)18(26)8-7-14-10-15-4-1-2-5-16(15)11-14/h1-2,4-5,10,17,20-21,23,25H,3,6-9,11-13H2/t17-,20?,21-/m0/s1. The van der Waals surface area contributed by atoms with Gasteiger partial charge in [-0.1, -0.05) is 48.1 Å². The fourth-order valence-corrected chi connectivity index (χ4v) is 5.02. The lowest BCUT2D eigenvalue weighted by Crippen LogP contribution is -2.50. The van der Waals surface area contributed by atoms with Crippen molar-refractivity contribution in [1.82, 2.24) is 10.2 Å². The Labute approximate surface area is 170 Å². The number of nitrogens with one attached hydrogen (secondary N) is 1. The number of hydrogen-bond acceptors (Lipinski definition) is 5. The van der Waals surface area contributed by atoms with Crippen LogP contribution in [-0.4, -0.2) is 58.3 Å². The summed E-state index contributed by atoms with van der Waals surface area (Å²) in [6.07, 6.45) is 5.88. The molecule has 0 bridgehead atoms. The van der Waals surface area contributed by atoms with Crippen LogP contribution in [0.4, 0.5) is 0 Å². The minimum absolute atomic E-state index is 0.0315. The highest BCUT2D eigenvalue weighted by Gasteiger charge is 2.44. The number of rotatable bonds is 6. The zero-order valence-electron chi connectivity index (χ0n) is 15.9. The Morgan fingerprint density at radius 2 is 2.11 bits per heavy atom. The molecule has 28 heavy (non-hydrogen) atoms. The number of fused-ring (bicyclic) bond motifs is 1. The highest BCUT2D eigenvalue weighted by atomic mass is 32.1. The Balaban J connectivity index is 1.40. The van der Waals surface area contributed by atoms with Crippen LogP contribution < -0.4 is 5.32 Å². The summed E-state index contributed by atoms with van der Waals surface area (Å²) >= 11 is 5.43. The van der Waals surface area contributed by atoms with Gasteiger partial charge in [0, 0.05) is 24.4 Å². The Bertz CT molecular complexity index is 835. The number of aliphatic hydroxyl groups is 1. The van der Waals surface area contributed by atoms with Gasteiger partial charge in [-0.3, -0.25) is 9.59 Å². The van der Waals surface area contributed by atoms with E-state index in [9.17, 15) is 14.7 Å². The Morgan fingerprint density at radius 3 is 2.89 bits per heavy atom. The van der Waals surface area contributed by atoms with Crippen LogP contribution in [-0.2, 0) is 16.0 Å². The maximum atomic E-state index is 13.0. The fraction of sp³-hybridized carbons (Fsp3) is 0.500. The minimum atomic E-state index is -0.582. The van der Waals surface area contributed by atoms with Gasteiger partial charge in [0.15, 0.2) is 0 Å². The minimum Gasteiger partial charge on any atom is -0.394 e. The van der Waals surface area contributed by atoms with Crippen molar-refractivity contribution in [1.29, 1.82) is 0 Å². The first-order valence-corrected chi connectivity index (χ1v) is 10.5. The van der Waals surface area contributed by atoms with E-state index in [0.717, 1.165) is 19.3 Å². The normalized spacial score (nSPS) is 26.5. The number of allylic oxidation sites excluding steroid dienone is 1. The number of carbonyl (C=O) groups excluding carboxylic acids is 2. The third-order valence-electron chi connectivity index (χ3n) is 6.19. The molecule has 0 radical (unpaired) electrons. The summed E-state index contributed by atoms with van der Waals surface area (Å²) in [5, 5.41) is 12.7. The van der Waals surface area contributed by atoms with E-state index in [1.165, 1.54) is 16.7 Å². The Morgan fingerprint density at radius 1 is 1.29 bits per heavy atom. The van der Waals surface area contributed by atoms with Gasteiger partial charge in [0.25, 0.3) is 0 Å². The van der Waals surface area contributed by atoms with Crippen LogP contribution in [0.5, 0.6) is 0 Å². The maximum absolute atomic E-state index is 13.0. The second kappa shape index (κ2) is 8.23. The monoisotopic (exact) mass is 398 g/mol. The molecular formula is C22H26N2O3S. The summed E-state index contributed by atoms with van der Waals surface area (Å²) in [5.41, 5.74) is 3.80. The van der Waals surface area contributed by atoms with Gasteiger partial charge in [-0.15, -0.1) is 0 Å². The molecule has 6 heteroatoms. The summed E-state index contributed by atoms with van der Waals surface area (Å²) < 4.78 is 0. The average Bonchev–Trinajstić information content (AvgIpc) is 3.42. The van der Waals surface area contributed by atoms with Gasteiger partial charge in [-0.2, -0.15) is 0 Å². The lowest BCUT2D eigenvalue weighted by Gasteiger charge is -2.28. The molecule has 3 atom stereocenters. The summed E-state index contributed by atoms with van der Waals surface area (Å²) in [4.78, 5) is 28.4. The van der Waals surface area contributed by atoms with Crippen molar-refractivity contribution in [3.05, 3.63) is 41.0 Å². The van der Waals surface area contributed by atoms with Crippen molar-refractivity contribution in [2.24, 2.45) is 5.92 Å². The van der Waals surface area contributed by atoms with Crippen molar-refractivity contribution in [3.8, 4) is 0 Å². The van der Waals surface area contributed by atoms with Crippen molar-refractivity contribution in [2.45, 2.75) is 44.2 Å². The summed E-state index contributed by atoms with van der Waals surface area (Å²) in [6.45, 7) is 1.03. The molecule has 148 valence electrons. The smallest absolute Gasteiger partial charge is 0.241 e. The number of aliphatic hydroxyl groups excluding tert-OH is 1. The molecule has 1 aliphatic carbocycles.